The van der Waals surface area contributed by atoms with Crippen molar-refractivity contribution < 1.29 is 31.1 Å². The molecule has 2 aromatic heterocycles. The van der Waals surface area contributed by atoms with Crippen LogP contribution in [0, 0.1) is 0 Å². The number of alkyl halides is 6. The number of rotatable bonds is 3. The number of hydrogen-bond acceptors (Lipinski definition) is 4. The SMILES string of the molecule is Cn1nc(C(F)(F)F)cc1Oc1cc(Cl)nc(-c2ccc(C(F)(F)F)cc2)n1. The number of halogens is 7. The van der Waals surface area contributed by atoms with E-state index in [-0.39, 0.29) is 28.3 Å². The molecule has 0 unspecified atom stereocenters. The van der Waals surface area contributed by atoms with Gasteiger partial charge in [0.15, 0.2) is 11.5 Å². The van der Waals surface area contributed by atoms with Crippen molar-refractivity contribution in [3.63, 3.8) is 0 Å². The molecule has 0 aliphatic carbocycles. The number of ether oxygens (including phenoxy) is 1. The highest BCUT2D eigenvalue weighted by Gasteiger charge is 2.35. The maximum Gasteiger partial charge on any atom is 0.435 e. The van der Waals surface area contributed by atoms with Gasteiger partial charge in [0, 0.05) is 24.7 Å². The second-order valence-electron chi connectivity index (χ2n) is 5.52. The Bertz CT molecular complexity index is 998. The Kier molecular flexibility index (Phi) is 4.96. The zero-order chi connectivity index (χ0) is 20.7. The summed E-state index contributed by atoms with van der Waals surface area (Å²) < 4.78 is 82.3. The Morgan fingerprint density at radius 2 is 1.57 bits per heavy atom. The van der Waals surface area contributed by atoms with E-state index in [2.05, 4.69) is 15.1 Å². The Morgan fingerprint density at radius 1 is 0.929 bits per heavy atom. The minimum absolute atomic E-state index is 0.0607. The van der Waals surface area contributed by atoms with Crippen molar-refractivity contribution in [3.05, 3.63) is 52.8 Å². The normalized spacial score (nSPS) is 12.3. The molecular formula is C16H9ClF6N4O. The maximum atomic E-state index is 12.7. The van der Waals surface area contributed by atoms with Gasteiger partial charge in [-0.05, 0) is 12.1 Å². The van der Waals surface area contributed by atoms with E-state index in [0.717, 1.165) is 35.0 Å². The summed E-state index contributed by atoms with van der Waals surface area (Å²) in [5, 5.41) is 3.18. The van der Waals surface area contributed by atoms with Gasteiger partial charge in [-0.15, -0.1) is 0 Å². The summed E-state index contributed by atoms with van der Waals surface area (Å²) in [6.07, 6.45) is -9.16. The molecule has 0 aliphatic heterocycles. The fourth-order valence-electron chi connectivity index (χ4n) is 2.18. The van der Waals surface area contributed by atoms with Crippen LogP contribution in [0.25, 0.3) is 11.4 Å². The highest BCUT2D eigenvalue weighted by atomic mass is 35.5. The predicted molar refractivity (Wildman–Crippen MR) is 85.8 cm³/mol. The van der Waals surface area contributed by atoms with Gasteiger partial charge < -0.3 is 4.74 Å². The van der Waals surface area contributed by atoms with Crippen molar-refractivity contribution in [1.82, 2.24) is 19.7 Å². The van der Waals surface area contributed by atoms with Crippen LogP contribution in [0.4, 0.5) is 26.3 Å². The van der Waals surface area contributed by atoms with E-state index >= 15 is 0 Å². The van der Waals surface area contributed by atoms with Gasteiger partial charge in [0.25, 0.3) is 0 Å². The number of hydrogen-bond donors (Lipinski definition) is 0. The lowest BCUT2D eigenvalue weighted by Crippen LogP contribution is -2.06. The third-order valence-corrected chi connectivity index (χ3v) is 3.67. The number of aryl methyl sites for hydroxylation is 1. The van der Waals surface area contributed by atoms with Crippen LogP contribution >= 0.6 is 11.6 Å². The zero-order valence-corrected chi connectivity index (χ0v) is 14.6. The zero-order valence-electron chi connectivity index (χ0n) is 13.8. The molecule has 0 radical (unpaired) electrons. The monoisotopic (exact) mass is 422 g/mol. The first kappa shape index (κ1) is 19.9. The van der Waals surface area contributed by atoms with Gasteiger partial charge >= 0.3 is 12.4 Å². The van der Waals surface area contributed by atoms with Crippen LogP contribution in [-0.4, -0.2) is 19.7 Å². The summed E-state index contributed by atoms with van der Waals surface area (Å²) in [6, 6.07) is 5.80. The molecule has 0 saturated carbocycles. The topological polar surface area (TPSA) is 52.8 Å². The first-order chi connectivity index (χ1) is 12.9. The average Bonchev–Trinajstić information content (AvgIpc) is 2.95. The summed E-state index contributed by atoms with van der Waals surface area (Å²) in [5.74, 6) is -0.526. The van der Waals surface area contributed by atoms with E-state index in [9.17, 15) is 26.3 Å². The smallest absolute Gasteiger partial charge is 0.421 e. The molecule has 0 amide bonds. The van der Waals surface area contributed by atoms with E-state index in [1.165, 1.54) is 7.05 Å². The lowest BCUT2D eigenvalue weighted by molar-refractivity contribution is -0.141. The van der Waals surface area contributed by atoms with Crippen LogP contribution in [0.1, 0.15) is 11.3 Å². The van der Waals surface area contributed by atoms with Gasteiger partial charge in [-0.25, -0.2) is 9.67 Å². The quantitative estimate of drug-likeness (QED) is 0.421. The Labute approximate surface area is 158 Å². The van der Waals surface area contributed by atoms with Crippen molar-refractivity contribution in [1.29, 1.82) is 0 Å². The van der Waals surface area contributed by atoms with Gasteiger partial charge in [0.1, 0.15) is 5.15 Å². The van der Waals surface area contributed by atoms with Gasteiger partial charge in [0.2, 0.25) is 11.8 Å². The molecule has 148 valence electrons. The van der Waals surface area contributed by atoms with Crippen LogP contribution in [0.15, 0.2) is 36.4 Å². The van der Waals surface area contributed by atoms with Crippen LogP contribution in [0.3, 0.4) is 0 Å². The third kappa shape index (κ3) is 4.35. The van der Waals surface area contributed by atoms with Crippen LogP contribution in [0.2, 0.25) is 5.15 Å². The Balaban J connectivity index is 1.91. The standard InChI is InChI=1S/C16H9ClF6N4O/c1-27-13(6-10(26-27)16(21,22)23)28-12-7-11(17)24-14(25-12)8-2-4-9(5-3-8)15(18,19)20/h2-7H,1H3. The number of nitrogens with zero attached hydrogens (tertiary/aromatic N) is 4. The summed E-state index contributed by atoms with van der Waals surface area (Å²) in [6.45, 7) is 0. The van der Waals surface area contributed by atoms with Crippen molar-refractivity contribution in [2.75, 3.05) is 0 Å². The molecule has 0 spiro atoms. The van der Waals surface area contributed by atoms with E-state index < -0.39 is 23.6 Å². The third-order valence-electron chi connectivity index (χ3n) is 3.48. The van der Waals surface area contributed by atoms with Crippen molar-refractivity contribution in [3.8, 4) is 23.1 Å². The largest absolute Gasteiger partial charge is 0.435 e. The molecule has 1 aromatic carbocycles. The van der Waals surface area contributed by atoms with Crippen LogP contribution in [0.5, 0.6) is 11.8 Å². The summed E-state index contributed by atoms with van der Waals surface area (Å²) in [5.41, 5.74) is -1.81. The van der Waals surface area contributed by atoms with E-state index in [1.807, 2.05) is 0 Å². The van der Waals surface area contributed by atoms with Gasteiger partial charge in [-0.3, -0.25) is 0 Å². The molecular weight excluding hydrogens is 414 g/mol. The van der Waals surface area contributed by atoms with Gasteiger partial charge in [-0.2, -0.15) is 36.4 Å². The Hall–Kier alpha value is -2.82. The number of benzene rings is 1. The highest BCUT2D eigenvalue weighted by molar-refractivity contribution is 6.29. The van der Waals surface area contributed by atoms with Gasteiger partial charge in [0.05, 0.1) is 5.56 Å². The highest BCUT2D eigenvalue weighted by Crippen LogP contribution is 2.33. The summed E-state index contributed by atoms with van der Waals surface area (Å²) in [7, 11) is 1.24. The second-order valence-corrected chi connectivity index (χ2v) is 5.91. The summed E-state index contributed by atoms with van der Waals surface area (Å²) >= 11 is 5.87. The number of aromatic nitrogens is 4. The van der Waals surface area contributed by atoms with Crippen molar-refractivity contribution >= 4 is 11.6 Å². The fourth-order valence-corrected chi connectivity index (χ4v) is 2.35. The molecule has 0 saturated heterocycles. The molecule has 0 atom stereocenters. The second kappa shape index (κ2) is 6.97. The fraction of sp³-hybridized carbons (Fsp3) is 0.188. The van der Waals surface area contributed by atoms with Gasteiger partial charge in [-0.1, -0.05) is 23.7 Å². The van der Waals surface area contributed by atoms with E-state index in [1.54, 1.807) is 0 Å². The Morgan fingerprint density at radius 3 is 2.11 bits per heavy atom. The lowest BCUT2D eigenvalue weighted by atomic mass is 10.1. The minimum atomic E-state index is -4.66. The first-order valence-corrected chi connectivity index (χ1v) is 7.82. The van der Waals surface area contributed by atoms with E-state index in [0.29, 0.717) is 6.07 Å². The summed E-state index contributed by atoms with van der Waals surface area (Å²) in [4.78, 5) is 7.88. The molecule has 3 aromatic rings. The molecule has 0 fully saturated rings. The van der Waals surface area contributed by atoms with Crippen molar-refractivity contribution in [2.24, 2.45) is 7.05 Å². The first-order valence-electron chi connectivity index (χ1n) is 7.45. The van der Waals surface area contributed by atoms with Crippen LogP contribution in [-0.2, 0) is 19.4 Å². The predicted octanol–water partition coefficient (Wildman–Crippen LogP) is 5.36. The molecule has 0 aliphatic rings. The van der Waals surface area contributed by atoms with E-state index in [4.69, 9.17) is 16.3 Å². The van der Waals surface area contributed by atoms with Crippen molar-refractivity contribution in [2.45, 2.75) is 12.4 Å². The molecule has 3 rings (SSSR count). The molecule has 2 heterocycles. The molecule has 0 N–H and O–H groups in total. The lowest BCUT2D eigenvalue weighted by Gasteiger charge is -2.09. The molecule has 0 bridgehead atoms. The molecule has 5 nitrogen and oxygen atoms in total. The average molecular weight is 423 g/mol. The van der Waals surface area contributed by atoms with Crippen LogP contribution < -0.4 is 4.74 Å². The minimum Gasteiger partial charge on any atom is -0.421 e. The molecule has 28 heavy (non-hydrogen) atoms. The molecule has 12 heteroatoms. The maximum absolute atomic E-state index is 12.7.